The molecule has 0 radical (unpaired) electrons. The third-order valence-electron chi connectivity index (χ3n) is 3.05. The molecule has 96 valence electrons. The van der Waals surface area contributed by atoms with Crippen LogP contribution in [0.5, 0.6) is 0 Å². The molecule has 0 atom stereocenters. The van der Waals surface area contributed by atoms with E-state index in [4.69, 9.17) is 11.6 Å². The second-order valence-electron chi connectivity index (χ2n) is 5.88. The van der Waals surface area contributed by atoms with Gasteiger partial charge in [0.25, 0.3) is 0 Å². The average Bonchev–Trinajstić information content (AvgIpc) is 2.67. The molecule has 1 aromatic carbocycles. The van der Waals surface area contributed by atoms with E-state index < -0.39 is 0 Å². The molecule has 0 fully saturated rings. The number of H-pyrrole nitrogens is 1. The Hall–Kier alpha value is -1.28. The molecule has 2 nitrogen and oxygen atoms in total. The zero-order valence-electron chi connectivity index (χ0n) is 11.0. The molecule has 0 amide bonds. The maximum absolute atomic E-state index is 12.2. The molecule has 0 aliphatic carbocycles. The van der Waals surface area contributed by atoms with Crippen LogP contribution in [0.15, 0.2) is 24.4 Å². The first-order valence-electron chi connectivity index (χ1n) is 6.17. The lowest BCUT2D eigenvalue weighted by molar-refractivity contribution is 0.0967. The molecular formula is C15H18ClNO. The SMILES string of the molecule is CC(C)(C)CCC(=O)c1c[nH]c2cc(Cl)ccc12. The highest BCUT2D eigenvalue weighted by Crippen LogP contribution is 2.26. The number of hydrogen-bond donors (Lipinski definition) is 1. The molecule has 0 spiro atoms. The molecule has 2 aromatic rings. The van der Waals surface area contributed by atoms with Crippen molar-refractivity contribution >= 4 is 28.3 Å². The first kappa shape index (κ1) is 13.2. The van der Waals surface area contributed by atoms with Crippen molar-refractivity contribution in [3.05, 3.63) is 35.0 Å². The van der Waals surface area contributed by atoms with Gasteiger partial charge in [-0.1, -0.05) is 38.4 Å². The second-order valence-corrected chi connectivity index (χ2v) is 6.31. The zero-order chi connectivity index (χ0) is 13.3. The Morgan fingerprint density at radius 2 is 2.06 bits per heavy atom. The van der Waals surface area contributed by atoms with Crippen LogP contribution in [0.1, 0.15) is 44.0 Å². The summed E-state index contributed by atoms with van der Waals surface area (Å²) in [6.45, 7) is 6.44. The van der Waals surface area contributed by atoms with Gasteiger partial charge in [0, 0.05) is 34.1 Å². The Kier molecular flexibility index (Phi) is 3.49. The van der Waals surface area contributed by atoms with Crippen LogP contribution in [0, 0.1) is 5.41 Å². The summed E-state index contributed by atoms with van der Waals surface area (Å²) >= 11 is 5.92. The Morgan fingerprint density at radius 1 is 1.33 bits per heavy atom. The molecule has 2 rings (SSSR count). The summed E-state index contributed by atoms with van der Waals surface area (Å²) in [5, 5.41) is 1.64. The lowest BCUT2D eigenvalue weighted by atomic mass is 9.88. The Balaban J connectivity index is 2.23. The minimum Gasteiger partial charge on any atom is -0.360 e. The molecule has 0 saturated heterocycles. The quantitative estimate of drug-likeness (QED) is 0.791. The van der Waals surface area contributed by atoms with Gasteiger partial charge < -0.3 is 4.98 Å². The fourth-order valence-electron chi connectivity index (χ4n) is 1.95. The van der Waals surface area contributed by atoms with Gasteiger partial charge in [0.2, 0.25) is 0 Å². The van der Waals surface area contributed by atoms with Crippen molar-refractivity contribution in [3.8, 4) is 0 Å². The van der Waals surface area contributed by atoms with E-state index in [1.165, 1.54) is 0 Å². The van der Waals surface area contributed by atoms with Crippen molar-refractivity contribution in [3.63, 3.8) is 0 Å². The van der Waals surface area contributed by atoms with E-state index in [1.54, 1.807) is 6.20 Å². The summed E-state index contributed by atoms with van der Waals surface area (Å²) in [6.07, 6.45) is 3.26. The first-order valence-corrected chi connectivity index (χ1v) is 6.54. The summed E-state index contributed by atoms with van der Waals surface area (Å²) in [5.41, 5.74) is 1.87. The van der Waals surface area contributed by atoms with Crippen molar-refractivity contribution < 1.29 is 4.79 Å². The number of ketones is 1. The fraction of sp³-hybridized carbons (Fsp3) is 0.400. The van der Waals surface area contributed by atoms with Crippen LogP contribution in [0.3, 0.4) is 0 Å². The van der Waals surface area contributed by atoms with E-state index >= 15 is 0 Å². The summed E-state index contributed by atoms with van der Waals surface area (Å²) in [6, 6.07) is 5.56. The van der Waals surface area contributed by atoms with Crippen LogP contribution >= 0.6 is 11.6 Å². The Morgan fingerprint density at radius 3 is 2.72 bits per heavy atom. The number of hydrogen-bond acceptors (Lipinski definition) is 1. The van der Waals surface area contributed by atoms with Gasteiger partial charge in [-0.25, -0.2) is 0 Å². The summed E-state index contributed by atoms with van der Waals surface area (Å²) < 4.78 is 0. The maximum Gasteiger partial charge on any atom is 0.165 e. The van der Waals surface area contributed by atoms with Crippen molar-refractivity contribution in [2.45, 2.75) is 33.6 Å². The first-order chi connectivity index (χ1) is 8.37. The molecule has 1 heterocycles. The lowest BCUT2D eigenvalue weighted by Crippen LogP contribution is -2.08. The van der Waals surface area contributed by atoms with Crippen LogP contribution < -0.4 is 0 Å². The number of nitrogens with one attached hydrogen (secondary N) is 1. The molecule has 0 saturated carbocycles. The van der Waals surface area contributed by atoms with Gasteiger partial charge in [0.1, 0.15) is 0 Å². The van der Waals surface area contributed by atoms with Gasteiger partial charge in [0.15, 0.2) is 5.78 Å². The largest absolute Gasteiger partial charge is 0.360 e. The number of Topliss-reactive ketones (excluding diaryl/α,β-unsaturated/α-hetero) is 1. The van der Waals surface area contributed by atoms with Crippen molar-refractivity contribution in [2.75, 3.05) is 0 Å². The van der Waals surface area contributed by atoms with Gasteiger partial charge in [-0.3, -0.25) is 4.79 Å². The van der Waals surface area contributed by atoms with E-state index in [-0.39, 0.29) is 11.2 Å². The third kappa shape index (κ3) is 2.94. The maximum atomic E-state index is 12.2. The molecule has 0 bridgehead atoms. The predicted molar refractivity (Wildman–Crippen MR) is 76.3 cm³/mol. The van der Waals surface area contributed by atoms with E-state index in [0.29, 0.717) is 11.4 Å². The highest BCUT2D eigenvalue weighted by Gasteiger charge is 2.16. The van der Waals surface area contributed by atoms with Gasteiger partial charge in [-0.2, -0.15) is 0 Å². The van der Waals surface area contributed by atoms with E-state index in [9.17, 15) is 4.79 Å². The van der Waals surface area contributed by atoms with Gasteiger partial charge >= 0.3 is 0 Å². The standard InChI is InChI=1S/C15H18ClNO/c1-15(2,3)7-6-14(18)12-9-17-13-8-10(16)4-5-11(12)13/h4-5,8-9,17H,6-7H2,1-3H3. The molecule has 1 aromatic heterocycles. The number of rotatable bonds is 3. The minimum absolute atomic E-state index is 0.186. The van der Waals surface area contributed by atoms with E-state index in [0.717, 1.165) is 22.9 Å². The monoisotopic (exact) mass is 263 g/mol. The van der Waals surface area contributed by atoms with Crippen LogP contribution in [-0.2, 0) is 0 Å². The molecule has 3 heteroatoms. The Labute approximate surface area is 112 Å². The Bertz CT molecular complexity index is 578. The number of halogens is 1. The van der Waals surface area contributed by atoms with Crippen LogP contribution in [-0.4, -0.2) is 10.8 Å². The van der Waals surface area contributed by atoms with E-state index in [1.807, 2.05) is 18.2 Å². The van der Waals surface area contributed by atoms with Gasteiger partial charge in [-0.15, -0.1) is 0 Å². The van der Waals surface area contributed by atoms with Crippen LogP contribution in [0.4, 0.5) is 0 Å². The number of aromatic nitrogens is 1. The zero-order valence-corrected chi connectivity index (χ0v) is 11.8. The smallest absolute Gasteiger partial charge is 0.165 e. The highest BCUT2D eigenvalue weighted by atomic mass is 35.5. The number of benzene rings is 1. The third-order valence-corrected chi connectivity index (χ3v) is 3.28. The normalized spacial score (nSPS) is 12.0. The highest BCUT2D eigenvalue weighted by molar-refractivity contribution is 6.31. The minimum atomic E-state index is 0.186. The van der Waals surface area contributed by atoms with Crippen molar-refractivity contribution in [1.82, 2.24) is 4.98 Å². The number of carbonyl (C=O) groups is 1. The molecular weight excluding hydrogens is 246 g/mol. The molecule has 1 N–H and O–H groups in total. The topological polar surface area (TPSA) is 32.9 Å². The molecule has 0 aliphatic rings. The van der Waals surface area contributed by atoms with Crippen LogP contribution in [0.25, 0.3) is 10.9 Å². The molecule has 0 aliphatic heterocycles. The summed E-state index contributed by atoms with van der Waals surface area (Å²) in [5.74, 6) is 0.193. The second kappa shape index (κ2) is 4.77. The molecule has 18 heavy (non-hydrogen) atoms. The summed E-state index contributed by atoms with van der Waals surface area (Å²) in [7, 11) is 0. The number of carbonyl (C=O) groups excluding carboxylic acids is 1. The van der Waals surface area contributed by atoms with Crippen LogP contribution in [0.2, 0.25) is 5.02 Å². The number of aromatic amines is 1. The molecule has 0 unspecified atom stereocenters. The van der Waals surface area contributed by atoms with Gasteiger partial charge in [-0.05, 0) is 24.0 Å². The number of fused-ring (bicyclic) bond motifs is 1. The van der Waals surface area contributed by atoms with E-state index in [2.05, 4.69) is 25.8 Å². The lowest BCUT2D eigenvalue weighted by Gasteiger charge is -2.16. The fourth-order valence-corrected chi connectivity index (χ4v) is 2.12. The van der Waals surface area contributed by atoms with Crippen molar-refractivity contribution in [2.24, 2.45) is 5.41 Å². The average molecular weight is 264 g/mol. The predicted octanol–water partition coefficient (Wildman–Crippen LogP) is 4.83. The van der Waals surface area contributed by atoms with Gasteiger partial charge in [0.05, 0.1) is 0 Å². The summed E-state index contributed by atoms with van der Waals surface area (Å²) in [4.78, 5) is 15.3. The van der Waals surface area contributed by atoms with Crippen molar-refractivity contribution in [1.29, 1.82) is 0 Å².